The van der Waals surface area contributed by atoms with Crippen LogP contribution in [0.5, 0.6) is 0 Å². The second kappa shape index (κ2) is 8.55. The van der Waals surface area contributed by atoms with Crippen molar-refractivity contribution in [3.63, 3.8) is 0 Å². The highest BCUT2D eigenvalue weighted by molar-refractivity contribution is 6.00. The van der Waals surface area contributed by atoms with Gasteiger partial charge in [0.15, 0.2) is 0 Å². The third kappa shape index (κ3) is 4.41. The van der Waals surface area contributed by atoms with Crippen LogP contribution in [0.4, 0.5) is 10.1 Å². The molecule has 0 spiro atoms. The number of nitriles is 1. The molecule has 0 saturated heterocycles. The second-order valence-electron chi connectivity index (χ2n) is 8.63. The highest BCUT2D eigenvalue weighted by Crippen LogP contribution is 2.29. The first-order chi connectivity index (χ1) is 15.3. The minimum absolute atomic E-state index is 0.266. The molecule has 1 fully saturated rings. The summed E-state index contributed by atoms with van der Waals surface area (Å²) in [5, 5.41) is 29.1. The predicted octanol–water partition coefficient (Wildman–Crippen LogP) is 3.07. The molecule has 1 aliphatic carbocycles. The van der Waals surface area contributed by atoms with Crippen LogP contribution in [0.2, 0.25) is 0 Å². The van der Waals surface area contributed by atoms with Crippen LogP contribution in [-0.4, -0.2) is 50.0 Å². The van der Waals surface area contributed by atoms with Crippen molar-refractivity contribution in [3.8, 4) is 17.5 Å². The van der Waals surface area contributed by atoms with Gasteiger partial charge in [0.2, 0.25) is 0 Å². The lowest BCUT2D eigenvalue weighted by molar-refractivity contribution is -0.00177. The van der Waals surface area contributed by atoms with Gasteiger partial charge in [-0.15, -0.1) is 0 Å². The molecule has 3 aromatic heterocycles. The summed E-state index contributed by atoms with van der Waals surface area (Å²) >= 11 is 0. The van der Waals surface area contributed by atoms with Crippen molar-refractivity contribution in [3.05, 3.63) is 47.8 Å². The third-order valence-corrected chi connectivity index (χ3v) is 5.71. The van der Waals surface area contributed by atoms with E-state index in [9.17, 15) is 14.3 Å². The highest BCUT2D eigenvalue weighted by Gasteiger charge is 2.28. The lowest BCUT2D eigenvalue weighted by Crippen LogP contribution is -2.42. The number of nitrogens with zero attached hydrogens (tertiary/aromatic N) is 4. The van der Waals surface area contributed by atoms with Crippen molar-refractivity contribution < 1.29 is 14.3 Å². The molecular formula is C23H25FN6O2. The lowest BCUT2D eigenvalue weighted by Gasteiger charge is -2.28. The van der Waals surface area contributed by atoms with E-state index in [4.69, 9.17) is 5.26 Å². The van der Waals surface area contributed by atoms with Crippen LogP contribution in [0.15, 0.2) is 36.7 Å². The van der Waals surface area contributed by atoms with Gasteiger partial charge in [0.05, 0.1) is 52.1 Å². The molecule has 3 heterocycles. The largest absolute Gasteiger partial charge is 0.387 e. The van der Waals surface area contributed by atoms with Gasteiger partial charge in [-0.1, -0.05) is 0 Å². The van der Waals surface area contributed by atoms with Crippen LogP contribution >= 0.6 is 0 Å². The highest BCUT2D eigenvalue weighted by atomic mass is 19.1. The Labute approximate surface area is 185 Å². The van der Waals surface area contributed by atoms with Crippen molar-refractivity contribution in [2.75, 3.05) is 11.9 Å². The summed E-state index contributed by atoms with van der Waals surface area (Å²) < 4.78 is 15.8. The summed E-state index contributed by atoms with van der Waals surface area (Å²) in [6.07, 6.45) is 4.50. The topological polar surface area (TPSA) is 115 Å². The quantitative estimate of drug-likeness (QED) is 0.524. The molecular weight excluding hydrogens is 411 g/mol. The summed E-state index contributed by atoms with van der Waals surface area (Å²) in [6.45, 7) is 2.42. The Kier molecular flexibility index (Phi) is 5.80. The van der Waals surface area contributed by atoms with Gasteiger partial charge in [0.25, 0.3) is 5.91 Å². The number of alkyl halides is 1. The zero-order valence-electron chi connectivity index (χ0n) is 18.0. The second-order valence-corrected chi connectivity index (χ2v) is 8.63. The smallest absolute Gasteiger partial charge is 0.255 e. The number of aromatic nitrogens is 3. The number of nitrogens with one attached hydrogen (secondary N) is 2. The summed E-state index contributed by atoms with van der Waals surface area (Å²) in [5.74, 6) is -0.463. The molecule has 3 N–H and O–H groups in total. The average molecular weight is 436 g/mol. The number of rotatable bonds is 7. The molecule has 1 aliphatic rings. The fourth-order valence-electron chi connectivity index (χ4n) is 3.45. The van der Waals surface area contributed by atoms with Crippen LogP contribution in [0, 0.1) is 11.3 Å². The zero-order chi connectivity index (χ0) is 22.9. The standard InChI is InChI=1S/C23H25FN6O2/c1-23(2,32)21(24)13-27-22(31)17-12-26-19(9-18(17)29-15-4-3-5-15)20-7-6-16-8-14(10-25)11-28-30(16)20/h6-9,11-12,15,21,32H,3-5,13H2,1-2H3,(H,26,29)(H,27,31)/t21-/m1/s1. The molecule has 1 atom stereocenters. The molecule has 0 radical (unpaired) electrons. The van der Waals surface area contributed by atoms with E-state index in [2.05, 4.69) is 26.8 Å². The number of halogens is 1. The van der Waals surface area contributed by atoms with E-state index in [0.29, 0.717) is 22.5 Å². The van der Waals surface area contributed by atoms with E-state index in [1.54, 1.807) is 16.6 Å². The average Bonchev–Trinajstić information content (AvgIpc) is 3.16. The molecule has 9 heteroatoms. The van der Waals surface area contributed by atoms with E-state index in [0.717, 1.165) is 30.5 Å². The van der Waals surface area contributed by atoms with Crippen molar-refractivity contribution in [2.24, 2.45) is 0 Å². The van der Waals surface area contributed by atoms with Gasteiger partial charge in [0, 0.05) is 12.2 Å². The fourth-order valence-corrected chi connectivity index (χ4v) is 3.45. The number of hydrogen-bond donors (Lipinski definition) is 3. The summed E-state index contributed by atoms with van der Waals surface area (Å²) in [6, 6.07) is 9.57. The number of anilines is 1. The Morgan fingerprint density at radius 2 is 2.16 bits per heavy atom. The number of pyridine rings is 1. The molecule has 0 unspecified atom stereocenters. The molecule has 8 nitrogen and oxygen atoms in total. The first-order valence-corrected chi connectivity index (χ1v) is 10.6. The summed E-state index contributed by atoms with van der Waals surface area (Å²) in [4.78, 5) is 17.2. The van der Waals surface area contributed by atoms with Crippen molar-refractivity contribution in [2.45, 2.75) is 50.9 Å². The van der Waals surface area contributed by atoms with E-state index in [1.807, 2.05) is 12.1 Å². The predicted molar refractivity (Wildman–Crippen MR) is 118 cm³/mol. The maximum atomic E-state index is 14.1. The number of carbonyl (C=O) groups excluding carboxylic acids is 1. The number of amides is 1. The monoisotopic (exact) mass is 436 g/mol. The molecule has 4 rings (SSSR count). The van der Waals surface area contributed by atoms with Crippen molar-refractivity contribution in [1.29, 1.82) is 5.26 Å². The zero-order valence-corrected chi connectivity index (χ0v) is 18.0. The third-order valence-electron chi connectivity index (χ3n) is 5.71. The van der Waals surface area contributed by atoms with Crippen molar-refractivity contribution >= 4 is 17.1 Å². The van der Waals surface area contributed by atoms with Gasteiger partial charge in [-0.05, 0) is 57.4 Å². The SMILES string of the molecule is CC(C)(O)[C@H](F)CNC(=O)c1cnc(-c2ccc3cc(C#N)cnn23)cc1NC1CCC1. The molecule has 0 bridgehead atoms. The number of aliphatic hydroxyl groups is 1. The lowest BCUT2D eigenvalue weighted by atomic mass is 9.92. The van der Waals surface area contributed by atoms with Gasteiger partial charge >= 0.3 is 0 Å². The molecule has 1 amide bonds. The van der Waals surface area contributed by atoms with Crippen LogP contribution in [-0.2, 0) is 0 Å². The summed E-state index contributed by atoms with van der Waals surface area (Å²) in [5.41, 5.74) is 1.93. The Morgan fingerprint density at radius 1 is 1.38 bits per heavy atom. The Hall–Kier alpha value is -3.51. The van der Waals surface area contributed by atoms with Crippen LogP contribution in [0.25, 0.3) is 16.9 Å². The van der Waals surface area contributed by atoms with Crippen LogP contribution in [0.3, 0.4) is 0 Å². The molecule has 0 aromatic carbocycles. The Bertz CT molecular complexity index is 1190. The number of carbonyl (C=O) groups is 1. The maximum absolute atomic E-state index is 14.1. The van der Waals surface area contributed by atoms with E-state index in [1.165, 1.54) is 26.2 Å². The Morgan fingerprint density at radius 3 is 2.81 bits per heavy atom. The fraction of sp³-hybridized carbons (Fsp3) is 0.391. The number of fused-ring (bicyclic) bond motifs is 1. The van der Waals surface area contributed by atoms with Gasteiger partial charge in [-0.25, -0.2) is 8.91 Å². The molecule has 3 aromatic rings. The van der Waals surface area contributed by atoms with Gasteiger partial charge < -0.3 is 15.7 Å². The van der Waals surface area contributed by atoms with Crippen molar-refractivity contribution in [1.82, 2.24) is 19.9 Å². The molecule has 0 aliphatic heterocycles. The van der Waals surface area contributed by atoms with Gasteiger partial charge in [-0.3, -0.25) is 9.78 Å². The van der Waals surface area contributed by atoms with Gasteiger partial charge in [0.1, 0.15) is 12.2 Å². The van der Waals surface area contributed by atoms with E-state index >= 15 is 0 Å². The minimum Gasteiger partial charge on any atom is -0.387 e. The normalized spacial score (nSPS) is 15.1. The first-order valence-electron chi connectivity index (χ1n) is 10.6. The first kappa shape index (κ1) is 21.7. The van der Waals surface area contributed by atoms with E-state index in [-0.39, 0.29) is 12.6 Å². The maximum Gasteiger partial charge on any atom is 0.255 e. The minimum atomic E-state index is -1.60. The summed E-state index contributed by atoms with van der Waals surface area (Å²) in [7, 11) is 0. The van der Waals surface area contributed by atoms with Gasteiger partial charge in [-0.2, -0.15) is 10.4 Å². The van der Waals surface area contributed by atoms with Crippen LogP contribution in [0.1, 0.15) is 49.0 Å². The molecule has 32 heavy (non-hydrogen) atoms. The number of hydrogen-bond acceptors (Lipinski definition) is 6. The van der Waals surface area contributed by atoms with Crippen LogP contribution < -0.4 is 10.6 Å². The molecule has 1 saturated carbocycles. The van der Waals surface area contributed by atoms with E-state index < -0.39 is 17.7 Å². The molecule has 166 valence electrons. The Balaban J connectivity index is 1.64.